The molecule has 0 bridgehead atoms. The second-order valence-electron chi connectivity index (χ2n) is 10.6. The van der Waals surface area contributed by atoms with Gasteiger partial charge >= 0.3 is 0 Å². The fraction of sp³-hybridized carbons (Fsp3) is 0.323. The minimum Gasteiger partial charge on any atom is -0.357 e. The molecule has 200 valence electrons. The zero-order chi connectivity index (χ0) is 27.1. The van der Waals surface area contributed by atoms with E-state index in [2.05, 4.69) is 10.3 Å². The Kier molecular flexibility index (Phi) is 6.54. The van der Waals surface area contributed by atoms with Crippen molar-refractivity contribution >= 4 is 40.7 Å². The summed E-state index contributed by atoms with van der Waals surface area (Å²) in [4.78, 5) is 45.6. The molecule has 4 heterocycles. The van der Waals surface area contributed by atoms with E-state index < -0.39 is 0 Å². The number of hydrogen-bond acceptors (Lipinski definition) is 3. The Labute approximate surface area is 226 Å². The summed E-state index contributed by atoms with van der Waals surface area (Å²) in [6.07, 6.45) is 5.87. The monoisotopic (exact) mass is 526 g/mol. The van der Waals surface area contributed by atoms with Gasteiger partial charge in [-0.25, -0.2) is 4.39 Å². The van der Waals surface area contributed by atoms with Crippen LogP contribution in [0.1, 0.15) is 49.6 Å². The van der Waals surface area contributed by atoms with Gasteiger partial charge in [0, 0.05) is 55.1 Å². The van der Waals surface area contributed by atoms with Crippen LogP contribution in [0.3, 0.4) is 0 Å². The number of amides is 3. The van der Waals surface area contributed by atoms with E-state index in [0.717, 1.165) is 47.5 Å². The van der Waals surface area contributed by atoms with E-state index >= 15 is 0 Å². The third-order valence-corrected chi connectivity index (χ3v) is 8.06. The van der Waals surface area contributed by atoms with Crippen molar-refractivity contribution in [3.05, 3.63) is 71.3 Å². The molecule has 7 nitrogen and oxygen atoms in total. The number of rotatable bonds is 3. The molecular formula is C31H31FN4O3. The summed E-state index contributed by atoms with van der Waals surface area (Å²) in [5.41, 5.74) is 6.01. The highest BCUT2D eigenvalue weighted by Gasteiger charge is 2.33. The molecule has 0 saturated carbocycles. The van der Waals surface area contributed by atoms with Crippen molar-refractivity contribution in [1.82, 2.24) is 9.88 Å². The van der Waals surface area contributed by atoms with Crippen LogP contribution in [0.15, 0.2) is 48.5 Å². The summed E-state index contributed by atoms with van der Waals surface area (Å²) in [6.45, 7) is 3.45. The van der Waals surface area contributed by atoms with Crippen LogP contribution in [0.25, 0.3) is 22.8 Å². The first kappa shape index (κ1) is 25.1. The molecule has 2 N–H and O–H groups in total. The number of H-pyrrole nitrogens is 1. The van der Waals surface area contributed by atoms with Gasteiger partial charge in [0.25, 0.3) is 5.91 Å². The molecule has 3 aromatic rings. The zero-order valence-electron chi connectivity index (χ0n) is 21.9. The molecule has 6 rings (SSSR count). The lowest BCUT2D eigenvalue weighted by Gasteiger charge is -2.33. The molecule has 0 atom stereocenters. The number of carbonyl (C=O) groups is 3. The quantitative estimate of drug-likeness (QED) is 0.458. The van der Waals surface area contributed by atoms with E-state index in [0.29, 0.717) is 49.3 Å². The Morgan fingerprint density at radius 2 is 1.82 bits per heavy atom. The third kappa shape index (κ3) is 4.75. The van der Waals surface area contributed by atoms with Crippen molar-refractivity contribution in [2.45, 2.75) is 39.0 Å². The third-order valence-electron chi connectivity index (χ3n) is 8.06. The molecule has 2 aromatic carbocycles. The summed E-state index contributed by atoms with van der Waals surface area (Å²) in [5.74, 6) is -0.498. The highest BCUT2D eigenvalue weighted by atomic mass is 19.1. The number of aryl methyl sites for hydroxylation is 1. The van der Waals surface area contributed by atoms with Crippen LogP contribution >= 0.6 is 0 Å². The molecule has 8 heteroatoms. The van der Waals surface area contributed by atoms with Crippen molar-refractivity contribution in [3.63, 3.8) is 0 Å². The largest absolute Gasteiger partial charge is 0.357 e. The molecule has 3 aliphatic heterocycles. The number of nitrogens with one attached hydrogen (secondary N) is 2. The smallest absolute Gasteiger partial charge is 0.256 e. The van der Waals surface area contributed by atoms with Crippen molar-refractivity contribution in [2.24, 2.45) is 5.92 Å². The summed E-state index contributed by atoms with van der Waals surface area (Å²) in [5, 5.41) is 2.94. The molecule has 1 fully saturated rings. The standard InChI is InChI=1S/C31H31FN4O3/c1-19(37)35-14-11-20(12-15-35)31(39)36-13-3-2-9-26-28(36)18-23(33-26)17-25-29-24(21-6-4-7-22(32)16-21)8-5-10-27(29)34-30(25)38/h4-8,10,16-18,20,33H,2-3,9,11-15H2,1H3,(H,34,38)/b25-17-. The molecular weight excluding hydrogens is 495 g/mol. The molecule has 0 radical (unpaired) electrons. The summed E-state index contributed by atoms with van der Waals surface area (Å²) < 4.78 is 14.0. The number of piperidine rings is 1. The van der Waals surface area contributed by atoms with Crippen LogP contribution in [0.4, 0.5) is 15.8 Å². The summed E-state index contributed by atoms with van der Waals surface area (Å²) >= 11 is 0. The Balaban J connectivity index is 1.33. The molecule has 0 aliphatic carbocycles. The van der Waals surface area contributed by atoms with Gasteiger partial charge in [-0.2, -0.15) is 0 Å². The highest BCUT2D eigenvalue weighted by molar-refractivity contribution is 6.36. The van der Waals surface area contributed by atoms with Gasteiger partial charge in [0.2, 0.25) is 11.8 Å². The van der Waals surface area contributed by atoms with E-state index in [4.69, 9.17) is 0 Å². The highest BCUT2D eigenvalue weighted by Crippen LogP contribution is 2.41. The summed E-state index contributed by atoms with van der Waals surface area (Å²) in [6, 6.07) is 13.9. The van der Waals surface area contributed by atoms with Crippen LogP contribution in [0.2, 0.25) is 0 Å². The lowest BCUT2D eigenvalue weighted by Crippen LogP contribution is -2.44. The fourth-order valence-corrected chi connectivity index (χ4v) is 6.04. The molecule has 39 heavy (non-hydrogen) atoms. The lowest BCUT2D eigenvalue weighted by molar-refractivity contribution is -0.133. The van der Waals surface area contributed by atoms with Gasteiger partial charge < -0.3 is 20.1 Å². The second-order valence-corrected chi connectivity index (χ2v) is 10.6. The van der Waals surface area contributed by atoms with Crippen molar-refractivity contribution < 1.29 is 18.8 Å². The van der Waals surface area contributed by atoms with Crippen molar-refractivity contribution in [1.29, 1.82) is 0 Å². The van der Waals surface area contributed by atoms with E-state index in [-0.39, 0.29) is 29.5 Å². The number of benzene rings is 2. The Morgan fingerprint density at radius 1 is 1.03 bits per heavy atom. The predicted octanol–water partition coefficient (Wildman–Crippen LogP) is 5.24. The average Bonchev–Trinajstić information content (AvgIpc) is 3.41. The van der Waals surface area contributed by atoms with Gasteiger partial charge in [-0.3, -0.25) is 14.4 Å². The number of aromatic amines is 1. The number of hydrogen-bond donors (Lipinski definition) is 2. The SMILES string of the molecule is CC(=O)N1CCC(C(=O)N2CCCCc3[nH]c(/C=C4\C(=O)Nc5cccc(-c6cccc(F)c6)c54)cc32)CC1. The predicted molar refractivity (Wildman–Crippen MR) is 149 cm³/mol. The fourth-order valence-electron chi connectivity index (χ4n) is 6.04. The molecule has 3 amide bonds. The number of fused-ring (bicyclic) bond motifs is 2. The van der Waals surface area contributed by atoms with Gasteiger partial charge in [0.05, 0.1) is 11.3 Å². The van der Waals surface area contributed by atoms with E-state index in [1.165, 1.54) is 12.1 Å². The number of aromatic nitrogens is 1. The maximum absolute atomic E-state index is 14.0. The minimum atomic E-state index is -0.335. The number of halogens is 1. The summed E-state index contributed by atoms with van der Waals surface area (Å²) in [7, 11) is 0. The number of carbonyl (C=O) groups excluding carboxylic acids is 3. The van der Waals surface area contributed by atoms with Gasteiger partial charge in [-0.15, -0.1) is 0 Å². The first-order valence-electron chi connectivity index (χ1n) is 13.6. The van der Waals surface area contributed by atoms with E-state index in [1.54, 1.807) is 17.9 Å². The first-order chi connectivity index (χ1) is 18.9. The minimum absolute atomic E-state index is 0.0550. The van der Waals surface area contributed by atoms with Crippen LogP contribution in [0.5, 0.6) is 0 Å². The Bertz CT molecular complexity index is 1500. The molecule has 3 aliphatic rings. The molecule has 0 spiro atoms. The molecule has 0 unspecified atom stereocenters. The maximum atomic E-state index is 14.0. The number of likely N-dealkylation sites (tertiary alicyclic amines) is 1. The van der Waals surface area contributed by atoms with E-state index in [9.17, 15) is 18.8 Å². The van der Waals surface area contributed by atoms with Crippen LogP contribution in [-0.4, -0.2) is 47.2 Å². The van der Waals surface area contributed by atoms with Crippen LogP contribution in [0, 0.1) is 11.7 Å². The van der Waals surface area contributed by atoms with Gasteiger partial charge in [-0.05, 0) is 73.6 Å². The van der Waals surface area contributed by atoms with Crippen molar-refractivity contribution in [3.8, 4) is 11.1 Å². The normalized spacial score (nSPS) is 18.5. The van der Waals surface area contributed by atoms with Crippen LogP contribution in [-0.2, 0) is 20.8 Å². The Morgan fingerprint density at radius 3 is 2.59 bits per heavy atom. The Hall–Kier alpha value is -4.20. The van der Waals surface area contributed by atoms with Gasteiger partial charge in [-0.1, -0.05) is 24.3 Å². The zero-order valence-corrected chi connectivity index (χ0v) is 21.9. The topological polar surface area (TPSA) is 85.5 Å². The molecule has 1 aromatic heterocycles. The second kappa shape index (κ2) is 10.2. The average molecular weight is 527 g/mol. The van der Waals surface area contributed by atoms with Crippen LogP contribution < -0.4 is 10.2 Å². The first-order valence-corrected chi connectivity index (χ1v) is 13.6. The van der Waals surface area contributed by atoms with Gasteiger partial charge in [0.1, 0.15) is 5.82 Å². The van der Waals surface area contributed by atoms with Gasteiger partial charge in [0.15, 0.2) is 0 Å². The van der Waals surface area contributed by atoms with Crippen molar-refractivity contribution in [2.75, 3.05) is 29.9 Å². The number of anilines is 2. The number of nitrogens with zero attached hydrogens (tertiary/aromatic N) is 2. The van der Waals surface area contributed by atoms with E-state index in [1.807, 2.05) is 41.3 Å². The lowest BCUT2D eigenvalue weighted by atomic mass is 9.94. The molecule has 1 saturated heterocycles. The maximum Gasteiger partial charge on any atom is 0.256 e.